The molecule has 0 spiro atoms. The van der Waals surface area contributed by atoms with Crippen molar-refractivity contribution in [3.05, 3.63) is 0 Å². The average molecular weight is 441 g/mol. The first-order chi connectivity index (χ1) is 14.9. The number of hydrogen-bond acceptors (Lipinski definition) is 6. The molecule has 10 heteroatoms. The Morgan fingerprint density at radius 1 is 0.968 bits per heavy atom. The highest BCUT2D eigenvalue weighted by molar-refractivity contribution is 5.89. The summed E-state index contributed by atoms with van der Waals surface area (Å²) in [5.74, 6) is -0.538. The second-order valence-electron chi connectivity index (χ2n) is 7.65. The largest absolute Gasteiger partial charge is 0.381 e. The van der Waals surface area contributed by atoms with Gasteiger partial charge in [0.05, 0.1) is 5.92 Å². The maximum atomic E-state index is 12.0. The first-order valence-corrected chi connectivity index (χ1v) is 11.0. The zero-order valence-electron chi connectivity index (χ0n) is 18.5. The fourth-order valence-corrected chi connectivity index (χ4v) is 3.07. The zero-order chi connectivity index (χ0) is 22.9. The van der Waals surface area contributed by atoms with E-state index >= 15 is 0 Å². The Labute approximate surface area is 183 Å². The van der Waals surface area contributed by atoms with E-state index in [1.54, 1.807) is 11.9 Å². The van der Waals surface area contributed by atoms with Crippen molar-refractivity contribution < 1.29 is 28.7 Å². The van der Waals surface area contributed by atoms with E-state index in [1.807, 2.05) is 0 Å². The van der Waals surface area contributed by atoms with Crippen LogP contribution in [0.4, 0.5) is 0 Å². The lowest BCUT2D eigenvalue weighted by atomic mass is 10.1. The van der Waals surface area contributed by atoms with Gasteiger partial charge in [-0.05, 0) is 25.7 Å². The lowest BCUT2D eigenvalue weighted by Crippen LogP contribution is -2.33. The van der Waals surface area contributed by atoms with Crippen molar-refractivity contribution in [2.24, 2.45) is 5.92 Å². The number of rotatable bonds is 17. The van der Waals surface area contributed by atoms with Crippen LogP contribution in [-0.4, -0.2) is 81.3 Å². The Kier molecular flexibility index (Phi) is 13.9. The van der Waals surface area contributed by atoms with E-state index in [4.69, 9.17) is 4.74 Å². The minimum absolute atomic E-state index is 0.00322. The van der Waals surface area contributed by atoms with Crippen molar-refractivity contribution in [2.45, 2.75) is 51.4 Å². The number of carbonyl (C=O) groups is 5. The van der Waals surface area contributed by atoms with E-state index in [9.17, 15) is 24.0 Å². The topological polar surface area (TPSA) is 134 Å². The van der Waals surface area contributed by atoms with Crippen LogP contribution >= 0.6 is 0 Å². The number of ether oxygens (including phenoxy) is 1. The maximum absolute atomic E-state index is 12.0. The summed E-state index contributed by atoms with van der Waals surface area (Å²) in [4.78, 5) is 58.4. The number of carbonyl (C=O) groups excluding carboxylic acids is 5. The van der Waals surface area contributed by atoms with E-state index in [0.29, 0.717) is 84.3 Å². The van der Waals surface area contributed by atoms with Crippen LogP contribution in [0.5, 0.6) is 0 Å². The molecule has 176 valence electrons. The van der Waals surface area contributed by atoms with E-state index in [2.05, 4.69) is 16.0 Å². The van der Waals surface area contributed by atoms with Gasteiger partial charge in [-0.15, -0.1) is 0 Å². The highest BCUT2D eigenvalue weighted by atomic mass is 16.5. The summed E-state index contributed by atoms with van der Waals surface area (Å²) in [6.07, 6.45) is 4.61. The van der Waals surface area contributed by atoms with Gasteiger partial charge in [-0.3, -0.25) is 19.2 Å². The number of unbranched alkanes of at least 4 members (excludes halogenated alkanes) is 1. The molecule has 0 bridgehead atoms. The normalized spacial score (nSPS) is 15.6. The molecule has 1 aliphatic heterocycles. The first kappa shape index (κ1) is 26.5. The Balaban J connectivity index is 1.87. The van der Waals surface area contributed by atoms with Crippen molar-refractivity contribution in [1.82, 2.24) is 20.9 Å². The standard InChI is InChI=1S/C21H36N4O6/c1-25-16-17(15-20(25)29)21(30)24-11-6-14-31-13-5-10-23-19(28)8-4-7-18(27)22-9-2-3-12-26/h12,17H,2-11,13-16H2,1H3,(H,22,27)(H,23,28)(H,24,30). The summed E-state index contributed by atoms with van der Waals surface area (Å²) < 4.78 is 5.48. The molecule has 31 heavy (non-hydrogen) atoms. The van der Waals surface area contributed by atoms with E-state index < -0.39 is 0 Å². The highest BCUT2D eigenvalue weighted by Crippen LogP contribution is 2.15. The van der Waals surface area contributed by atoms with Gasteiger partial charge in [-0.1, -0.05) is 0 Å². The Morgan fingerprint density at radius 3 is 2.10 bits per heavy atom. The summed E-state index contributed by atoms with van der Waals surface area (Å²) in [7, 11) is 1.70. The van der Waals surface area contributed by atoms with Crippen molar-refractivity contribution in [3.63, 3.8) is 0 Å². The monoisotopic (exact) mass is 440 g/mol. The molecule has 1 rings (SSSR count). The predicted octanol–water partition coefficient (Wildman–Crippen LogP) is -0.240. The van der Waals surface area contributed by atoms with Gasteiger partial charge >= 0.3 is 0 Å². The van der Waals surface area contributed by atoms with Gasteiger partial charge in [0.1, 0.15) is 6.29 Å². The van der Waals surface area contributed by atoms with Crippen LogP contribution < -0.4 is 16.0 Å². The molecular formula is C21H36N4O6. The molecule has 10 nitrogen and oxygen atoms in total. The average Bonchev–Trinajstić information content (AvgIpc) is 3.08. The van der Waals surface area contributed by atoms with Gasteiger partial charge in [0.25, 0.3) is 0 Å². The van der Waals surface area contributed by atoms with Gasteiger partial charge in [0.15, 0.2) is 0 Å². The summed E-state index contributed by atoms with van der Waals surface area (Å²) in [5, 5.41) is 8.33. The van der Waals surface area contributed by atoms with Gasteiger partial charge in [0, 0.05) is 72.1 Å². The van der Waals surface area contributed by atoms with Crippen LogP contribution in [-0.2, 0) is 28.7 Å². The molecule has 0 aromatic heterocycles. The second kappa shape index (κ2) is 16.2. The molecule has 1 unspecified atom stereocenters. The number of amides is 4. The van der Waals surface area contributed by atoms with E-state index in [0.717, 1.165) is 6.29 Å². The SMILES string of the molecule is CN1CC(C(=O)NCCCOCCCNC(=O)CCCC(=O)NCCCC=O)CC1=O. The van der Waals surface area contributed by atoms with Crippen LogP contribution in [0.15, 0.2) is 0 Å². The summed E-state index contributed by atoms with van der Waals surface area (Å²) >= 11 is 0. The summed E-state index contributed by atoms with van der Waals surface area (Å²) in [6, 6.07) is 0. The number of likely N-dealkylation sites (tertiary alicyclic amines) is 1. The Hall–Kier alpha value is -2.49. The van der Waals surface area contributed by atoms with Crippen LogP contribution in [0.25, 0.3) is 0 Å². The summed E-state index contributed by atoms with van der Waals surface area (Å²) in [6.45, 7) is 3.00. The zero-order valence-corrected chi connectivity index (χ0v) is 18.5. The van der Waals surface area contributed by atoms with Crippen LogP contribution in [0, 0.1) is 5.92 Å². The van der Waals surface area contributed by atoms with Crippen molar-refractivity contribution in [3.8, 4) is 0 Å². The number of hydrogen-bond donors (Lipinski definition) is 3. The lowest BCUT2D eigenvalue weighted by Gasteiger charge is -2.11. The van der Waals surface area contributed by atoms with E-state index in [1.165, 1.54) is 0 Å². The van der Waals surface area contributed by atoms with Gasteiger partial charge < -0.3 is 30.4 Å². The highest BCUT2D eigenvalue weighted by Gasteiger charge is 2.31. The fraction of sp³-hybridized carbons (Fsp3) is 0.762. The van der Waals surface area contributed by atoms with Gasteiger partial charge in [-0.2, -0.15) is 0 Å². The van der Waals surface area contributed by atoms with Crippen LogP contribution in [0.2, 0.25) is 0 Å². The molecule has 0 radical (unpaired) electrons. The van der Waals surface area contributed by atoms with Crippen LogP contribution in [0.1, 0.15) is 51.4 Å². The molecule has 4 amide bonds. The quantitative estimate of drug-likeness (QED) is 0.211. The fourth-order valence-electron chi connectivity index (χ4n) is 3.07. The smallest absolute Gasteiger partial charge is 0.225 e. The second-order valence-corrected chi connectivity index (χ2v) is 7.65. The number of nitrogens with one attached hydrogen (secondary N) is 3. The third-order valence-electron chi connectivity index (χ3n) is 4.89. The molecule has 1 atom stereocenters. The van der Waals surface area contributed by atoms with E-state index in [-0.39, 0.29) is 36.0 Å². The third-order valence-corrected chi connectivity index (χ3v) is 4.89. The molecule has 0 saturated carbocycles. The third kappa shape index (κ3) is 12.7. The van der Waals surface area contributed by atoms with Crippen molar-refractivity contribution >= 4 is 29.9 Å². The number of aldehydes is 1. The molecule has 0 aromatic rings. The van der Waals surface area contributed by atoms with Gasteiger partial charge in [-0.25, -0.2) is 0 Å². The predicted molar refractivity (Wildman–Crippen MR) is 114 cm³/mol. The molecule has 1 saturated heterocycles. The molecular weight excluding hydrogens is 404 g/mol. The molecule has 3 N–H and O–H groups in total. The van der Waals surface area contributed by atoms with Gasteiger partial charge in [0.2, 0.25) is 23.6 Å². The van der Waals surface area contributed by atoms with Crippen LogP contribution in [0.3, 0.4) is 0 Å². The first-order valence-electron chi connectivity index (χ1n) is 11.0. The molecule has 1 heterocycles. The molecule has 1 aliphatic rings. The summed E-state index contributed by atoms with van der Waals surface area (Å²) in [5.41, 5.74) is 0. The minimum atomic E-state index is -0.259. The molecule has 0 aliphatic carbocycles. The Morgan fingerprint density at radius 2 is 1.55 bits per heavy atom. The molecule has 0 aromatic carbocycles. The van der Waals surface area contributed by atoms with Crippen molar-refractivity contribution in [2.75, 3.05) is 46.4 Å². The van der Waals surface area contributed by atoms with Crippen molar-refractivity contribution in [1.29, 1.82) is 0 Å². The molecule has 1 fully saturated rings. The maximum Gasteiger partial charge on any atom is 0.225 e. The lowest BCUT2D eigenvalue weighted by molar-refractivity contribution is -0.128. The minimum Gasteiger partial charge on any atom is -0.381 e. The number of nitrogens with zero attached hydrogens (tertiary/aromatic N) is 1. The Bertz CT molecular complexity index is 598.